The highest BCUT2D eigenvalue weighted by atomic mass is 16.5. The van der Waals surface area contributed by atoms with Crippen LogP contribution in [0.15, 0.2) is 24.3 Å². The number of carbonyl (C=O) groups excluding carboxylic acids is 1. The van der Waals surface area contributed by atoms with Crippen molar-refractivity contribution in [3.05, 3.63) is 35.4 Å². The van der Waals surface area contributed by atoms with Crippen molar-refractivity contribution in [2.45, 2.75) is 44.8 Å². The van der Waals surface area contributed by atoms with Crippen LogP contribution in [0, 0.1) is 6.92 Å². The topological polar surface area (TPSA) is 52.3 Å². The molecule has 0 spiro atoms. The minimum atomic E-state index is -0.217. The molecule has 1 aromatic carbocycles. The summed E-state index contributed by atoms with van der Waals surface area (Å²) in [4.78, 5) is 11.9. The summed E-state index contributed by atoms with van der Waals surface area (Å²) < 4.78 is 5.47. The molecule has 0 radical (unpaired) electrons. The Kier molecular flexibility index (Phi) is 3.79. The van der Waals surface area contributed by atoms with Crippen LogP contribution in [-0.2, 0) is 4.74 Å². The Hall–Kier alpha value is -1.35. The summed E-state index contributed by atoms with van der Waals surface area (Å²) in [5, 5.41) is 0. The zero-order valence-electron chi connectivity index (χ0n) is 10.2. The van der Waals surface area contributed by atoms with Crippen molar-refractivity contribution in [2.75, 3.05) is 0 Å². The summed E-state index contributed by atoms with van der Waals surface area (Å²) in [6.45, 7) is 2.00. The summed E-state index contributed by atoms with van der Waals surface area (Å²) >= 11 is 0. The molecule has 2 rings (SSSR count). The van der Waals surface area contributed by atoms with Gasteiger partial charge in [0.1, 0.15) is 6.10 Å². The maximum absolute atomic E-state index is 11.9. The molecule has 2 N–H and O–H groups in total. The summed E-state index contributed by atoms with van der Waals surface area (Å²) in [6, 6.07) is 7.75. The van der Waals surface area contributed by atoms with Gasteiger partial charge in [-0.1, -0.05) is 17.7 Å². The lowest BCUT2D eigenvalue weighted by Crippen LogP contribution is -2.31. The summed E-state index contributed by atoms with van der Waals surface area (Å²) in [6.07, 6.45) is 3.72. The van der Waals surface area contributed by atoms with Gasteiger partial charge >= 0.3 is 5.97 Å². The van der Waals surface area contributed by atoms with Crippen LogP contribution in [0.4, 0.5) is 0 Å². The third kappa shape index (κ3) is 3.30. The van der Waals surface area contributed by atoms with E-state index < -0.39 is 0 Å². The third-order valence-electron chi connectivity index (χ3n) is 3.28. The normalized spacial score (nSPS) is 24.4. The minimum Gasteiger partial charge on any atom is -0.459 e. The quantitative estimate of drug-likeness (QED) is 0.798. The van der Waals surface area contributed by atoms with E-state index in [4.69, 9.17) is 10.5 Å². The van der Waals surface area contributed by atoms with E-state index in [0.29, 0.717) is 5.56 Å². The van der Waals surface area contributed by atoms with Crippen LogP contribution in [-0.4, -0.2) is 18.1 Å². The highest BCUT2D eigenvalue weighted by Crippen LogP contribution is 2.21. The van der Waals surface area contributed by atoms with Gasteiger partial charge in [0.15, 0.2) is 0 Å². The molecule has 1 fully saturated rings. The molecule has 3 nitrogen and oxygen atoms in total. The first-order valence-corrected chi connectivity index (χ1v) is 6.18. The van der Waals surface area contributed by atoms with Crippen LogP contribution < -0.4 is 5.73 Å². The number of aryl methyl sites for hydroxylation is 1. The number of nitrogens with two attached hydrogens (primary N) is 1. The van der Waals surface area contributed by atoms with E-state index in [0.717, 1.165) is 31.2 Å². The number of carbonyl (C=O) groups is 1. The van der Waals surface area contributed by atoms with Gasteiger partial charge in [0, 0.05) is 6.04 Å². The smallest absolute Gasteiger partial charge is 0.338 e. The molecular formula is C14H19NO2. The lowest BCUT2D eigenvalue weighted by atomic mass is 9.94. The van der Waals surface area contributed by atoms with E-state index in [1.54, 1.807) is 0 Å². The number of hydrogen-bond acceptors (Lipinski definition) is 3. The van der Waals surface area contributed by atoms with E-state index >= 15 is 0 Å². The van der Waals surface area contributed by atoms with Gasteiger partial charge < -0.3 is 10.5 Å². The van der Waals surface area contributed by atoms with Gasteiger partial charge in [-0.3, -0.25) is 0 Å². The first-order chi connectivity index (χ1) is 8.15. The molecule has 92 valence electrons. The fraction of sp³-hybridized carbons (Fsp3) is 0.500. The number of hydrogen-bond donors (Lipinski definition) is 1. The molecule has 0 amide bonds. The number of benzene rings is 1. The van der Waals surface area contributed by atoms with Gasteiger partial charge in [-0.25, -0.2) is 4.79 Å². The van der Waals surface area contributed by atoms with Crippen molar-refractivity contribution in [1.82, 2.24) is 0 Å². The van der Waals surface area contributed by atoms with E-state index in [-0.39, 0.29) is 18.1 Å². The molecule has 0 atom stereocenters. The summed E-state index contributed by atoms with van der Waals surface area (Å²) in [7, 11) is 0. The molecule has 0 unspecified atom stereocenters. The van der Waals surface area contributed by atoms with Crippen molar-refractivity contribution >= 4 is 5.97 Å². The molecule has 0 aliphatic heterocycles. The third-order valence-corrected chi connectivity index (χ3v) is 3.28. The SMILES string of the molecule is Cc1ccc(C(=O)OC2CCC(N)CC2)cc1. The summed E-state index contributed by atoms with van der Waals surface area (Å²) in [5.41, 5.74) is 7.59. The molecule has 0 aromatic heterocycles. The van der Waals surface area contributed by atoms with E-state index in [9.17, 15) is 4.79 Å². The molecule has 1 saturated carbocycles. The van der Waals surface area contributed by atoms with Crippen LogP contribution in [0.5, 0.6) is 0 Å². The zero-order valence-corrected chi connectivity index (χ0v) is 10.2. The zero-order chi connectivity index (χ0) is 12.3. The molecule has 1 aromatic rings. The Bertz CT molecular complexity index is 378. The van der Waals surface area contributed by atoms with Crippen molar-refractivity contribution in [3.8, 4) is 0 Å². The van der Waals surface area contributed by atoms with Gasteiger partial charge in [-0.15, -0.1) is 0 Å². The Morgan fingerprint density at radius 1 is 1.18 bits per heavy atom. The first-order valence-electron chi connectivity index (χ1n) is 6.18. The molecule has 1 aliphatic rings. The van der Waals surface area contributed by atoms with Crippen molar-refractivity contribution in [3.63, 3.8) is 0 Å². The molecule has 0 saturated heterocycles. The number of ether oxygens (including phenoxy) is 1. The Balaban J connectivity index is 1.91. The minimum absolute atomic E-state index is 0.0450. The van der Waals surface area contributed by atoms with Crippen LogP contribution in [0.25, 0.3) is 0 Å². The molecule has 3 heteroatoms. The van der Waals surface area contributed by atoms with Gasteiger partial charge in [-0.2, -0.15) is 0 Å². The maximum atomic E-state index is 11.9. The highest BCUT2D eigenvalue weighted by Gasteiger charge is 2.22. The Morgan fingerprint density at radius 2 is 1.76 bits per heavy atom. The highest BCUT2D eigenvalue weighted by molar-refractivity contribution is 5.89. The van der Waals surface area contributed by atoms with Crippen LogP contribution in [0.2, 0.25) is 0 Å². The predicted molar refractivity (Wildman–Crippen MR) is 66.8 cm³/mol. The van der Waals surface area contributed by atoms with Crippen LogP contribution in [0.1, 0.15) is 41.6 Å². The number of rotatable bonds is 2. The van der Waals surface area contributed by atoms with Crippen molar-refractivity contribution in [2.24, 2.45) is 5.73 Å². The van der Waals surface area contributed by atoms with Crippen molar-refractivity contribution < 1.29 is 9.53 Å². The van der Waals surface area contributed by atoms with E-state index in [1.165, 1.54) is 0 Å². The average Bonchev–Trinajstić information content (AvgIpc) is 2.33. The second-order valence-corrected chi connectivity index (χ2v) is 4.81. The second-order valence-electron chi connectivity index (χ2n) is 4.81. The number of esters is 1. The lowest BCUT2D eigenvalue weighted by molar-refractivity contribution is 0.0197. The maximum Gasteiger partial charge on any atom is 0.338 e. The van der Waals surface area contributed by atoms with Crippen molar-refractivity contribution in [1.29, 1.82) is 0 Å². The molecular weight excluding hydrogens is 214 g/mol. The Morgan fingerprint density at radius 3 is 2.35 bits per heavy atom. The molecule has 1 aliphatic carbocycles. The average molecular weight is 233 g/mol. The predicted octanol–water partition coefficient (Wildman–Crippen LogP) is 2.42. The largest absolute Gasteiger partial charge is 0.459 e. The fourth-order valence-electron chi connectivity index (χ4n) is 2.12. The van der Waals surface area contributed by atoms with Gasteiger partial charge in [0.2, 0.25) is 0 Å². The molecule has 0 bridgehead atoms. The lowest BCUT2D eigenvalue weighted by Gasteiger charge is -2.25. The molecule has 0 heterocycles. The van der Waals surface area contributed by atoms with Crippen LogP contribution in [0.3, 0.4) is 0 Å². The summed E-state index contributed by atoms with van der Waals surface area (Å²) in [5.74, 6) is -0.217. The van der Waals surface area contributed by atoms with E-state index in [2.05, 4.69) is 0 Å². The van der Waals surface area contributed by atoms with E-state index in [1.807, 2.05) is 31.2 Å². The van der Waals surface area contributed by atoms with Crippen LogP contribution >= 0.6 is 0 Å². The monoisotopic (exact) mass is 233 g/mol. The second kappa shape index (κ2) is 5.32. The Labute approximate surface area is 102 Å². The fourth-order valence-corrected chi connectivity index (χ4v) is 2.12. The standard InChI is InChI=1S/C14H19NO2/c1-10-2-4-11(5-3-10)14(16)17-13-8-6-12(15)7-9-13/h2-5,12-13H,6-9,15H2,1H3. The van der Waals surface area contributed by atoms with Gasteiger partial charge in [0.25, 0.3) is 0 Å². The van der Waals surface area contributed by atoms with Gasteiger partial charge in [0.05, 0.1) is 5.56 Å². The first kappa shape index (κ1) is 12.1. The molecule has 17 heavy (non-hydrogen) atoms. The van der Waals surface area contributed by atoms with Gasteiger partial charge in [-0.05, 0) is 44.7 Å².